The number of anilines is 4. The van der Waals surface area contributed by atoms with Gasteiger partial charge in [-0.2, -0.15) is 0 Å². The van der Waals surface area contributed by atoms with E-state index in [0.717, 1.165) is 0 Å². The lowest BCUT2D eigenvalue weighted by atomic mass is 9.89. The molecule has 0 radical (unpaired) electrons. The summed E-state index contributed by atoms with van der Waals surface area (Å²) in [5.41, 5.74) is 9.78. The van der Waals surface area contributed by atoms with Gasteiger partial charge < -0.3 is 9.80 Å². The molecule has 5 aromatic rings. The summed E-state index contributed by atoms with van der Waals surface area (Å²) in [4.78, 5) is 5.11. The van der Waals surface area contributed by atoms with Gasteiger partial charge in [0.25, 0.3) is 0 Å². The van der Waals surface area contributed by atoms with E-state index in [0.29, 0.717) is 0 Å². The molecule has 6 rings (SSSR count). The van der Waals surface area contributed by atoms with E-state index in [9.17, 15) is 0 Å². The molecule has 2 nitrogen and oxygen atoms in total. The number of fused-ring (bicyclic) bond motifs is 1. The van der Waals surface area contributed by atoms with Gasteiger partial charge in [0.15, 0.2) is 0 Å². The van der Waals surface area contributed by atoms with E-state index in [1.165, 1.54) is 45.0 Å². The van der Waals surface area contributed by atoms with Crippen LogP contribution in [0.4, 0.5) is 22.7 Å². The van der Waals surface area contributed by atoms with Gasteiger partial charge in [0.1, 0.15) is 6.17 Å². The van der Waals surface area contributed by atoms with E-state index in [2.05, 4.69) is 164 Å². The largest absolute Gasteiger partial charge is 0.317 e. The van der Waals surface area contributed by atoms with Crippen molar-refractivity contribution >= 4 is 22.7 Å². The van der Waals surface area contributed by atoms with Crippen LogP contribution in [0.25, 0.3) is 22.3 Å². The average molecular weight is 481 g/mol. The van der Waals surface area contributed by atoms with Crippen molar-refractivity contribution in [2.75, 3.05) is 9.80 Å². The lowest BCUT2D eigenvalue weighted by Crippen LogP contribution is -2.48. The van der Waals surface area contributed by atoms with Crippen LogP contribution in [0.15, 0.2) is 133 Å². The molecule has 37 heavy (non-hydrogen) atoms. The van der Waals surface area contributed by atoms with Crippen LogP contribution < -0.4 is 9.80 Å². The minimum atomic E-state index is -0.0629. The number of rotatable bonds is 4. The molecule has 182 valence electrons. The second-order valence-electron chi connectivity index (χ2n) is 10.7. The first kappa shape index (κ1) is 23.1. The normalized spacial score (nSPS) is 13.6. The van der Waals surface area contributed by atoms with Crippen LogP contribution in [-0.4, -0.2) is 6.17 Å². The van der Waals surface area contributed by atoms with Crippen molar-refractivity contribution in [2.45, 2.75) is 26.9 Å². The minimum Gasteiger partial charge on any atom is -0.317 e. The summed E-state index contributed by atoms with van der Waals surface area (Å²) in [5.74, 6) is 0. The topological polar surface area (TPSA) is 6.48 Å². The molecule has 0 spiro atoms. The zero-order chi connectivity index (χ0) is 25.4. The number of hydrogen-bond donors (Lipinski definition) is 0. The fourth-order valence-electron chi connectivity index (χ4n) is 5.64. The Balaban J connectivity index is 1.60. The molecule has 5 aromatic carbocycles. The van der Waals surface area contributed by atoms with Crippen LogP contribution in [0.3, 0.4) is 0 Å². The van der Waals surface area contributed by atoms with E-state index in [1.807, 2.05) is 0 Å². The molecule has 2 heteroatoms. The van der Waals surface area contributed by atoms with E-state index in [1.54, 1.807) is 0 Å². The molecule has 0 bridgehead atoms. The summed E-state index contributed by atoms with van der Waals surface area (Å²) in [7, 11) is 0. The molecule has 0 aromatic heterocycles. The Morgan fingerprint density at radius 2 is 0.730 bits per heavy atom. The van der Waals surface area contributed by atoms with Crippen molar-refractivity contribution in [3.8, 4) is 22.3 Å². The summed E-state index contributed by atoms with van der Waals surface area (Å²) in [6.45, 7) is 7.04. The molecule has 0 N–H and O–H groups in total. The highest BCUT2D eigenvalue weighted by molar-refractivity contribution is 5.95. The molecule has 1 aliphatic rings. The van der Waals surface area contributed by atoms with Crippen LogP contribution in [0.1, 0.15) is 20.8 Å². The smallest absolute Gasteiger partial charge is 0.116 e. The quantitative estimate of drug-likeness (QED) is 0.253. The fraction of sp³-hybridized carbons (Fsp3) is 0.143. The first-order valence-electron chi connectivity index (χ1n) is 13.0. The van der Waals surface area contributed by atoms with Gasteiger partial charge in [0.05, 0.1) is 22.7 Å². The van der Waals surface area contributed by atoms with Gasteiger partial charge in [0.2, 0.25) is 0 Å². The maximum atomic E-state index is 2.55. The molecular weight excluding hydrogens is 448 g/mol. The summed E-state index contributed by atoms with van der Waals surface area (Å²) >= 11 is 0. The molecule has 0 atom stereocenters. The fourth-order valence-corrected chi connectivity index (χ4v) is 5.64. The lowest BCUT2D eigenvalue weighted by molar-refractivity contribution is 0.330. The summed E-state index contributed by atoms with van der Waals surface area (Å²) in [6, 6.07) is 47.9. The SMILES string of the molecule is CC(C)(C)C1N(c2ccccc2-c2ccccc2)c2ccccc2N1c1ccccc1-c1ccccc1. The maximum Gasteiger partial charge on any atom is 0.116 e. The van der Waals surface area contributed by atoms with Crippen molar-refractivity contribution in [3.05, 3.63) is 133 Å². The minimum absolute atomic E-state index is 0.0629. The molecule has 0 saturated heterocycles. The number of para-hydroxylation sites is 4. The Morgan fingerprint density at radius 1 is 0.405 bits per heavy atom. The Labute approximate surface area is 220 Å². The summed E-state index contributed by atoms with van der Waals surface area (Å²) in [6.07, 6.45) is 0.0691. The van der Waals surface area contributed by atoms with Crippen molar-refractivity contribution in [1.29, 1.82) is 0 Å². The Hall–Kier alpha value is -4.30. The van der Waals surface area contributed by atoms with E-state index in [4.69, 9.17) is 0 Å². The first-order chi connectivity index (χ1) is 18.0. The molecule has 0 amide bonds. The van der Waals surface area contributed by atoms with Gasteiger partial charge >= 0.3 is 0 Å². The van der Waals surface area contributed by atoms with Crippen molar-refractivity contribution < 1.29 is 0 Å². The Bertz CT molecular complexity index is 1410. The highest BCUT2D eigenvalue weighted by atomic mass is 15.4. The van der Waals surface area contributed by atoms with Gasteiger partial charge in [-0.1, -0.05) is 130 Å². The molecule has 0 fully saturated rings. The van der Waals surface area contributed by atoms with Crippen LogP contribution >= 0.6 is 0 Å². The monoisotopic (exact) mass is 480 g/mol. The predicted molar refractivity (Wildman–Crippen MR) is 158 cm³/mol. The van der Waals surface area contributed by atoms with Gasteiger partial charge in [-0.25, -0.2) is 0 Å². The van der Waals surface area contributed by atoms with Crippen LogP contribution in [0, 0.1) is 5.41 Å². The molecule has 0 aliphatic carbocycles. The molecule has 0 unspecified atom stereocenters. The second kappa shape index (κ2) is 9.29. The summed E-state index contributed by atoms with van der Waals surface area (Å²) < 4.78 is 0. The van der Waals surface area contributed by atoms with Crippen LogP contribution in [-0.2, 0) is 0 Å². The van der Waals surface area contributed by atoms with Crippen molar-refractivity contribution in [2.24, 2.45) is 5.41 Å². The maximum absolute atomic E-state index is 2.55. The van der Waals surface area contributed by atoms with Gasteiger partial charge in [-0.05, 0) is 35.4 Å². The zero-order valence-electron chi connectivity index (χ0n) is 21.7. The first-order valence-corrected chi connectivity index (χ1v) is 13.0. The molecule has 1 aliphatic heterocycles. The Kier molecular flexibility index (Phi) is 5.81. The third kappa shape index (κ3) is 4.09. The van der Waals surface area contributed by atoms with Gasteiger partial charge in [-0.15, -0.1) is 0 Å². The lowest BCUT2D eigenvalue weighted by Gasteiger charge is -2.43. The molecule has 1 heterocycles. The third-order valence-electron chi connectivity index (χ3n) is 7.16. The Morgan fingerprint density at radius 3 is 1.11 bits per heavy atom. The van der Waals surface area contributed by atoms with Crippen LogP contribution in [0.2, 0.25) is 0 Å². The third-order valence-corrected chi connectivity index (χ3v) is 7.16. The van der Waals surface area contributed by atoms with Crippen LogP contribution in [0.5, 0.6) is 0 Å². The summed E-state index contributed by atoms with van der Waals surface area (Å²) in [5, 5.41) is 0. The average Bonchev–Trinajstić information content (AvgIpc) is 3.30. The molecule has 0 saturated carbocycles. The number of hydrogen-bond acceptors (Lipinski definition) is 2. The van der Waals surface area contributed by atoms with Crippen molar-refractivity contribution in [3.63, 3.8) is 0 Å². The molecular formula is C35H32N2. The van der Waals surface area contributed by atoms with Gasteiger partial charge in [0, 0.05) is 16.5 Å². The highest BCUT2D eigenvalue weighted by Crippen LogP contribution is 2.54. The van der Waals surface area contributed by atoms with Crippen molar-refractivity contribution in [1.82, 2.24) is 0 Å². The van der Waals surface area contributed by atoms with Gasteiger partial charge in [-0.3, -0.25) is 0 Å². The van der Waals surface area contributed by atoms with E-state index >= 15 is 0 Å². The second-order valence-corrected chi connectivity index (χ2v) is 10.7. The number of nitrogens with zero attached hydrogens (tertiary/aromatic N) is 2. The zero-order valence-corrected chi connectivity index (χ0v) is 21.7. The highest BCUT2D eigenvalue weighted by Gasteiger charge is 2.45. The predicted octanol–water partition coefficient (Wildman–Crippen LogP) is 9.68. The van der Waals surface area contributed by atoms with E-state index in [-0.39, 0.29) is 11.6 Å². The van der Waals surface area contributed by atoms with E-state index < -0.39 is 0 Å². The number of benzene rings is 5. The standard InChI is InChI=1S/C35H32N2/c1-35(2,3)34-36(30-22-12-10-20-28(30)26-16-6-4-7-17-26)32-24-14-15-25-33(32)37(34)31-23-13-11-21-29(31)27-18-8-5-9-19-27/h4-25,34H,1-3H3.